The normalized spacial score (nSPS) is 15.8. The highest BCUT2D eigenvalue weighted by molar-refractivity contribution is 7.48. The van der Waals surface area contributed by atoms with E-state index in [4.69, 9.17) is 16.5 Å². The molecule has 0 aromatic heterocycles. The molecule has 7 heteroatoms. The monoisotopic (exact) mass is 258 g/mol. The molecular weight excluding hydrogens is 243 g/mol. The Morgan fingerprint density at radius 1 is 1.40 bits per heavy atom. The predicted molar refractivity (Wildman–Crippen MR) is 56.7 cm³/mol. The molecule has 0 amide bonds. The lowest BCUT2D eigenvalue weighted by Gasteiger charge is -2.22. The SMILES string of the molecule is CCOP(=O)(O)OC(=O)C(Cl)(CC)CC. The van der Waals surface area contributed by atoms with Crippen LogP contribution in [0.15, 0.2) is 0 Å². The van der Waals surface area contributed by atoms with Crippen molar-refractivity contribution in [2.45, 2.75) is 38.5 Å². The van der Waals surface area contributed by atoms with E-state index in [0.717, 1.165) is 0 Å². The number of carbonyl (C=O) groups excluding carboxylic acids is 1. The lowest BCUT2D eigenvalue weighted by molar-refractivity contribution is -0.139. The van der Waals surface area contributed by atoms with Gasteiger partial charge in [-0.15, -0.1) is 11.6 Å². The van der Waals surface area contributed by atoms with Crippen LogP contribution in [-0.2, 0) is 18.4 Å². The zero-order valence-electron chi connectivity index (χ0n) is 9.03. The van der Waals surface area contributed by atoms with Crippen LogP contribution in [0.3, 0.4) is 0 Å². The molecule has 1 unspecified atom stereocenters. The van der Waals surface area contributed by atoms with Crippen LogP contribution in [0.2, 0.25) is 0 Å². The highest BCUT2D eigenvalue weighted by Crippen LogP contribution is 2.45. The molecule has 0 rings (SSSR count). The standard InChI is InChI=1S/C8H16ClO5P/c1-4-8(9,5-2)7(10)14-15(11,12)13-6-3/h4-6H2,1-3H3,(H,11,12). The van der Waals surface area contributed by atoms with Gasteiger partial charge in [0.25, 0.3) is 0 Å². The van der Waals surface area contributed by atoms with Gasteiger partial charge in [0.2, 0.25) is 0 Å². The van der Waals surface area contributed by atoms with Crippen LogP contribution in [0.5, 0.6) is 0 Å². The Morgan fingerprint density at radius 2 is 1.87 bits per heavy atom. The van der Waals surface area contributed by atoms with Crippen LogP contribution in [0.4, 0.5) is 0 Å². The Kier molecular flexibility index (Phi) is 5.81. The van der Waals surface area contributed by atoms with E-state index in [9.17, 15) is 9.36 Å². The molecule has 15 heavy (non-hydrogen) atoms. The average Bonchev–Trinajstić information content (AvgIpc) is 2.15. The van der Waals surface area contributed by atoms with Gasteiger partial charge in [0.05, 0.1) is 6.61 Å². The first kappa shape index (κ1) is 14.9. The molecule has 0 heterocycles. The van der Waals surface area contributed by atoms with Crippen molar-refractivity contribution >= 4 is 25.4 Å². The van der Waals surface area contributed by atoms with Gasteiger partial charge in [-0.05, 0) is 19.8 Å². The molecule has 0 spiro atoms. The fourth-order valence-electron chi connectivity index (χ4n) is 0.915. The van der Waals surface area contributed by atoms with Crippen molar-refractivity contribution < 1.29 is 23.3 Å². The molecule has 0 aliphatic rings. The van der Waals surface area contributed by atoms with Crippen LogP contribution < -0.4 is 0 Å². The fraction of sp³-hybridized carbons (Fsp3) is 0.875. The van der Waals surface area contributed by atoms with E-state index < -0.39 is 18.7 Å². The second-order valence-electron chi connectivity index (χ2n) is 2.94. The Labute approximate surface area is 94.3 Å². The first-order valence-corrected chi connectivity index (χ1v) is 6.59. The number of rotatable bonds is 6. The van der Waals surface area contributed by atoms with Crippen LogP contribution in [-0.4, -0.2) is 22.3 Å². The third kappa shape index (κ3) is 4.51. The van der Waals surface area contributed by atoms with Gasteiger partial charge in [-0.25, -0.2) is 9.36 Å². The fourth-order valence-corrected chi connectivity index (χ4v) is 1.77. The van der Waals surface area contributed by atoms with Crippen molar-refractivity contribution in [3.8, 4) is 0 Å². The van der Waals surface area contributed by atoms with Crippen LogP contribution >= 0.6 is 19.4 Å². The first-order chi connectivity index (χ1) is 6.81. The Bertz CT molecular complexity index is 264. The Balaban J connectivity index is 4.55. The van der Waals surface area contributed by atoms with E-state index in [1.807, 2.05) is 0 Å². The first-order valence-electron chi connectivity index (χ1n) is 4.71. The number of phosphoric ester groups is 1. The number of carbonyl (C=O) groups is 1. The van der Waals surface area contributed by atoms with E-state index in [-0.39, 0.29) is 6.61 Å². The maximum Gasteiger partial charge on any atom is 0.529 e. The van der Waals surface area contributed by atoms with Crippen molar-refractivity contribution in [1.82, 2.24) is 0 Å². The number of alkyl halides is 1. The van der Waals surface area contributed by atoms with Gasteiger partial charge in [0.15, 0.2) is 0 Å². The summed E-state index contributed by atoms with van der Waals surface area (Å²) in [4.78, 5) is 19.3. The van der Waals surface area contributed by atoms with Crippen LogP contribution in [0, 0.1) is 0 Å². The summed E-state index contributed by atoms with van der Waals surface area (Å²) < 4.78 is 19.9. The minimum atomic E-state index is -4.31. The van der Waals surface area contributed by atoms with E-state index >= 15 is 0 Å². The maximum atomic E-state index is 11.5. The Morgan fingerprint density at radius 3 is 2.20 bits per heavy atom. The second-order valence-corrected chi connectivity index (χ2v) is 5.04. The average molecular weight is 259 g/mol. The predicted octanol–water partition coefficient (Wildman–Crippen LogP) is 2.46. The molecule has 1 N–H and O–H groups in total. The highest BCUT2D eigenvalue weighted by atomic mass is 35.5. The molecule has 0 aromatic carbocycles. The minimum absolute atomic E-state index is 0.0193. The molecule has 0 aliphatic heterocycles. The molecule has 0 aromatic rings. The molecule has 0 radical (unpaired) electrons. The van der Waals surface area contributed by atoms with Gasteiger partial charge in [-0.3, -0.25) is 9.42 Å². The molecule has 0 aliphatic carbocycles. The van der Waals surface area contributed by atoms with E-state index in [1.54, 1.807) is 13.8 Å². The van der Waals surface area contributed by atoms with Gasteiger partial charge in [-0.2, -0.15) is 0 Å². The highest BCUT2D eigenvalue weighted by Gasteiger charge is 2.39. The zero-order chi connectivity index (χ0) is 12.1. The smallest absolute Gasteiger partial charge is 0.369 e. The summed E-state index contributed by atoms with van der Waals surface area (Å²) >= 11 is 5.90. The summed E-state index contributed by atoms with van der Waals surface area (Å²) in [6.07, 6.45) is 0.631. The van der Waals surface area contributed by atoms with E-state index in [1.165, 1.54) is 6.92 Å². The lowest BCUT2D eigenvalue weighted by Crippen LogP contribution is -2.32. The number of halogens is 1. The number of hydrogen-bond acceptors (Lipinski definition) is 4. The Hall–Kier alpha value is -0.0900. The van der Waals surface area contributed by atoms with Gasteiger partial charge in [-0.1, -0.05) is 13.8 Å². The minimum Gasteiger partial charge on any atom is -0.369 e. The molecule has 0 saturated heterocycles. The zero-order valence-corrected chi connectivity index (χ0v) is 10.7. The number of hydrogen-bond donors (Lipinski definition) is 1. The van der Waals surface area contributed by atoms with Crippen molar-refractivity contribution in [3.05, 3.63) is 0 Å². The molecular formula is C8H16ClO5P. The third-order valence-electron chi connectivity index (χ3n) is 1.98. The van der Waals surface area contributed by atoms with Crippen LogP contribution in [0.25, 0.3) is 0 Å². The molecule has 0 bridgehead atoms. The molecule has 90 valence electrons. The van der Waals surface area contributed by atoms with Gasteiger partial charge in [0, 0.05) is 0 Å². The summed E-state index contributed by atoms with van der Waals surface area (Å²) in [5.74, 6) is -0.923. The summed E-state index contributed by atoms with van der Waals surface area (Å²) in [7, 11) is -4.31. The van der Waals surface area contributed by atoms with Gasteiger partial charge in [0.1, 0.15) is 4.87 Å². The summed E-state index contributed by atoms with van der Waals surface area (Å²) in [6, 6.07) is 0. The summed E-state index contributed by atoms with van der Waals surface area (Å²) in [6.45, 7) is 4.89. The molecule has 0 fully saturated rings. The van der Waals surface area contributed by atoms with E-state index in [0.29, 0.717) is 12.8 Å². The van der Waals surface area contributed by atoms with Gasteiger partial charge < -0.3 is 4.52 Å². The number of phosphoric acid groups is 1. The third-order valence-corrected chi connectivity index (χ3v) is 3.65. The van der Waals surface area contributed by atoms with Crippen molar-refractivity contribution in [3.63, 3.8) is 0 Å². The molecule has 0 saturated carbocycles. The lowest BCUT2D eigenvalue weighted by atomic mass is 10.0. The second kappa shape index (κ2) is 5.85. The van der Waals surface area contributed by atoms with E-state index in [2.05, 4.69) is 9.05 Å². The summed E-state index contributed by atoms with van der Waals surface area (Å²) in [5, 5.41) is 0. The largest absolute Gasteiger partial charge is 0.529 e. The van der Waals surface area contributed by atoms with Crippen molar-refractivity contribution in [2.75, 3.05) is 6.61 Å². The maximum absolute atomic E-state index is 11.5. The van der Waals surface area contributed by atoms with Crippen molar-refractivity contribution in [1.29, 1.82) is 0 Å². The molecule has 1 atom stereocenters. The van der Waals surface area contributed by atoms with Gasteiger partial charge >= 0.3 is 13.8 Å². The van der Waals surface area contributed by atoms with Crippen molar-refractivity contribution in [2.24, 2.45) is 0 Å². The topological polar surface area (TPSA) is 72.8 Å². The summed E-state index contributed by atoms with van der Waals surface area (Å²) in [5.41, 5.74) is 0. The quantitative estimate of drug-likeness (QED) is 0.585. The molecule has 5 nitrogen and oxygen atoms in total. The van der Waals surface area contributed by atoms with Crippen LogP contribution in [0.1, 0.15) is 33.6 Å².